The van der Waals surface area contributed by atoms with Crippen LogP contribution in [0.4, 0.5) is 0 Å². The summed E-state index contributed by atoms with van der Waals surface area (Å²) in [5.41, 5.74) is 1.84. The predicted octanol–water partition coefficient (Wildman–Crippen LogP) is 3.74. The predicted molar refractivity (Wildman–Crippen MR) is 80.9 cm³/mol. The zero-order valence-corrected chi connectivity index (χ0v) is 12.6. The molecule has 1 aromatic rings. The van der Waals surface area contributed by atoms with Crippen LogP contribution in [0.15, 0.2) is 24.3 Å². The number of esters is 1. The topological polar surface area (TPSA) is 46.5 Å². The molecular weight excluding hydrogens is 252 g/mol. The SMILES string of the molecule is CCCC(O)CCCCCc1ccc(C(=O)OC)cc1. The van der Waals surface area contributed by atoms with Crippen LogP contribution >= 0.6 is 0 Å². The molecule has 0 amide bonds. The van der Waals surface area contributed by atoms with Crippen molar-refractivity contribution in [2.24, 2.45) is 0 Å². The highest BCUT2D eigenvalue weighted by atomic mass is 16.5. The molecule has 112 valence electrons. The monoisotopic (exact) mass is 278 g/mol. The fraction of sp³-hybridized carbons (Fsp3) is 0.588. The van der Waals surface area contributed by atoms with Gasteiger partial charge in [0, 0.05) is 0 Å². The Hall–Kier alpha value is -1.35. The van der Waals surface area contributed by atoms with Gasteiger partial charge in [0.05, 0.1) is 18.8 Å². The lowest BCUT2D eigenvalue weighted by Gasteiger charge is -2.08. The maximum absolute atomic E-state index is 11.3. The Morgan fingerprint density at radius 2 is 1.85 bits per heavy atom. The molecule has 0 saturated heterocycles. The molecule has 0 aliphatic rings. The van der Waals surface area contributed by atoms with E-state index in [-0.39, 0.29) is 12.1 Å². The standard InChI is InChI=1S/C17H26O3/c1-3-7-16(18)9-6-4-5-8-14-10-12-15(13-11-14)17(19)20-2/h10-13,16,18H,3-9H2,1-2H3. The molecule has 20 heavy (non-hydrogen) atoms. The molecule has 0 radical (unpaired) electrons. The minimum atomic E-state index is -0.290. The molecule has 3 heteroatoms. The van der Waals surface area contributed by atoms with E-state index in [0.717, 1.165) is 44.9 Å². The number of hydrogen-bond donors (Lipinski definition) is 1. The number of carbonyl (C=O) groups is 1. The number of methoxy groups -OCH3 is 1. The van der Waals surface area contributed by atoms with Crippen molar-refractivity contribution < 1.29 is 14.6 Å². The number of aliphatic hydroxyl groups excluding tert-OH is 1. The first kappa shape index (κ1) is 16.7. The van der Waals surface area contributed by atoms with Crippen LogP contribution in [0.25, 0.3) is 0 Å². The molecular formula is C17H26O3. The molecule has 0 aliphatic carbocycles. The highest BCUT2D eigenvalue weighted by Crippen LogP contribution is 2.12. The average Bonchev–Trinajstić information content (AvgIpc) is 2.47. The summed E-state index contributed by atoms with van der Waals surface area (Å²) in [5, 5.41) is 9.63. The van der Waals surface area contributed by atoms with Crippen LogP contribution in [-0.2, 0) is 11.2 Å². The van der Waals surface area contributed by atoms with Gasteiger partial charge in [0.1, 0.15) is 0 Å². The van der Waals surface area contributed by atoms with Gasteiger partial charge in [0.2, 0.25) is 0 Å². The summed E-state index contributed by atoms with van der Waals surface area (Å²) in [6.45, 7) is 2.10. The Morgan fingerprint density at radius 3 is 2.45 bits per heavy atom. The average molecular weight is 278 g/mol. The van der Waals surface area contributed by atoms with E-state index >= 15 is 0 Å². The minimum Gasteiger partial charge on any atom is -0.465 e. The zero-order chi connectivity index (χ0) is 14.8. The van der Waals surface area contributed by atoms with Gasteiger partial charge >= 0.3 is 5.97 Å². The summed E-state index contributed by atoms with van der Waals surface area (Å²) in [6.07, 6.45) is 7.11. The van der Waals surface area contributed by atoms with Gasteiger partial charge in [-0.25, -0.2) is 4.79 Å². The number of carbonyl (C=O) groups excluding carboxylic acids is 1. The summed E-state index contributed by atoms with van der Waals surface area (Å²) in [6, 6.07) is 7.59. The second-order valence-electron chi connectivity index (χ2n) is 5.23. The van der Waals surface area contributed by atoms with Crippen LogP contribution < -0.4 is 0 Å². The van der Waals surface area contributed by atoms with E-state index in [1.165, 1.54) is 12.7 Å². The van der Waals surface area contributed by atoms with Gasteiger partial charge in [-0.2, -0.15) is 0 Å². The third-order valence-electron chi connectivity index (χ3n) is 3.50. The van der Waals surface area contributed by atoms with E-state index in [9.17, 15) is 9.90 Å². The second kappa shape index (κ2) is 9.54. The van der Waals surface area contributed by atoms with Crippen LogP contribution in [0.1, 0.15) is 61.4 Å². The smallest absolute Gasteiger partial charge is 0.337 e. The highest BCUT2D eigenvalue weighted by molar-refractivity contribution is 5.89. The van der Waals surface area contributed by atoms with E-state index in [2.05, 4.69) is 11.7 Å². The van der Waals surface area contributed by atoms with E-state index in [1.807, 2.05) is 24.3 Å². The van der Waals surface area contributed by atoms with Crippen molar-refractivity contribution in [1.29, 1.82) is 0 Å². The molecule has 0 saturated carbocycles. The van der Waals surface area contributed by atoms with Gasteiger partial charge in [-0.1, -0.05) is 38.3 Å². The van der Waals surface area contributed by atoms with Gasteiger partial charge in [-0.3, -0.25) is 0 Å². The lowest BCUT2D eigenvalue weighted by molar-refractivity contribution is 0.0600. The highest BCUT2D eigenvalue weighted by Gasteiger charge is 2.04. The molecule has 1 aromatic carbocycles. The van der Waals surface area contributed by atoms with E-state index in [4.69, 9.17) is 0 Å². The molecule has 3 nitrogen and oxygen atoms in total. The molecule has 1 unspecified atom stereocenters. The Bertz CT molecular complexity index is 384. The molecule has 0 spiro atoms. The Kier molecular flexibility index (Phi) is 7.97. The molecule has 0 aromatic heterocycles. The molecule has 0 fully saturated rings. The third kappa shape index (κ3) is 6.20. The van der Waals surface area contributed by atoms with Crippen molar-refractivity contribution >= 4 is 5.97 Å². The summed E-state index contributed by atoms with van der Waals surface area (Å²) in [4.78, 5) is 11.3. The summed E-state index contributed by atoms with van der Waals surface area (Å²) >= 11 is 0. The minimum absolute atomic E-state index is 0.126. The van der Waals surface area contributed by atoms with Crippen molar-refractivity contribution in [1.82, 2.24) is 0 Å². The lowest BCUT2D eigenvalue weighted by Crippen LogP contribution is -2.05. The van der Waals surface area contributed by atoms with Crippen molar-refractivity contribution in [3.8, 4) is 0 Å². The van der Waals surface area contributed by atoms with E-state index < -0.39 is 0 Å². The zero-order valence-electron chi connectivity index (χ0n) is 12.6. The quantitative estimate of drug-likeness (QED) is 0.553. The Morgan fingerprint density at radius 1 is 1.15 bits per heavy atom. The van der Waals surface area contributed by atoms with Crippen LogP contribution in [0.5, 0.6) is 0 Å². The summed E-state index contributed by atoms with van der Waals surface area (Å²) in [7, 11) is 1.39. The number of unbranched alkanes of at least 4 members (excludes halogenated alkanes) is 2. The largest absolute Gasteiger partial charge is 0.465 e. The first-order valence-corrected chi connectivity index (χ1v) is 7.52. The number of hydrogen-bond acceptors (Lipinski definition) is 3. The summed E-state index contributed by atoms with van der Waals surface area (Å²) in [5.74, 6) is -0.290. The van der Waals surface area contributed by atoms with Crippen LogP contribution in [-0.4, -0.2) is 24.3 Å². The van der Waals surface area contributed by atoms with Gasteiger partial charge in [-0.05, 0) is 43.4 Å². The number of rotatable bonds is 9. The number of benzene rings is 1. The van der Waals surface area contributed by atoms with Crippen molar-refractivity contribution in [3.05, 3.63) is 35.4 Å². The molecule has 1 N–H and O–H groups in total. The normalized spacial score (nSPS) is 12.2. The van der Waals surface area contributed by atoms with E-state index in [0.29, 0.717) is 5.56 Å². The number of aryl methyl sites for hydroxylation is 1. The first-order valence-electron chi connectivity index (χ1n) is 7.52. The van der Waals surface area contributed by atoms with Crippen LogP contribution in [0.3, 0.4) is 0 Å². The van der Waals surface area contributed by atoms with Crippen LogP contribution in [0.2, 0.25) is 0 Å². The lowest BCUT2D eigenvalue weighted by atomic mass is 10.0. The molecule has 0 heterocycles. The summed E-state index contributed by atoms with van der Waals surface area (Å²) < 4.78 is 4.67. The fourth-order valence-electron chi connectivity index (χ4n) is 2.29. The van der Waals surface area contributed by atoms with Crippen LogP contribution in [0, 0.1) is 0 Å². The van der Waals surface area contributed by atoms with Gasteiger partial charge < -0.3 is 9.84 Å². The van der Waals surface area contributed by atoms with Gasteiger partial charge in [-0.15, -0.1) is 0 Å². The fourth-order valence-corrected chi connectivity index (χ4v) is 2.29. The first-order chi connectivity index (χ1) is 9.67. The van der Waals surface area contributed by atoms with Gasteiger partial charge in [0.25, 0.3) is 0 Å². The maximum Gasteiger partial charge on any atom is 0.337 e. The van der Waals surface area contributed by atoms with Gasteiger partial charge in [0.15, 0.2) is 0 Å². The number of aliphatic hydroxyl groups is 1. The second-order valence-corrected chi connectivity index (χ2v) is 5.23. The molecule has 1 rings (SSSR count). The third-order valence-corrected chi connectivity index (χ3v) is 3.50. The number of ether oxygens (including phenoxy) is 1. The molecule has 1 atom stereocenters. The van der Waals surface area contributed by atoms with Crippen molar-refractivity contribution in [2.75, 3.05) is 7.11 Å². The molecule has 0 aliphatic heterocycles. The van der Waals surface area contributed by atoms with Crippen molar-refractivity contribution in [3.63, 3.8) is 0 Å². The Labute approximate surface area is 122 Å². The van der Waals surface area contributed by atoms with Crippen molar-refractivity contribution in [2.45, 2.75) is 58.0 Å². The Balaban J connectivity index is 2.20. The maximum atomic E-state index is 11.3. The van der Waals surface area contributed by atoms with E-state index in [1.54, 1.807) is 0 Å². The molecule has 0 bridgehead atoms.